The number of nitrogens with zero attached hydrogens (tertiary/aromatic N) is 1. The van der Waals surface area contributed by atoms with Gasteiger partial charge in [-0.3, -0.25) is 0 Å². The van der Waals surface area contributed by atoms with Crippen molar-refractivity contribution < 1.29 is 11.4 Å². The van der Waals surface area contributed by atoms with Gasteiger partial charge in [0.1, 0.15) is 7.05 Å². The van der Waals surface area contributed by atoms with Crippen molar-refractivity contribution in [1.82, 2.24) is 0 Å². The summed E-state index contributed by atoms with van der Waals surface area (Å²) in [5, 5.41) is 0. The first-order valence-electron chi connectivity index (χ1n) is 11.6. The molecular formula is C25H30N+. The first-order chi connectivity index (χ1) is 14.3. The van der Waals surface area contributed by atoms with Gasteiger partial charge in [0.15, 0.2) is 6.20 Å². The van der Waals surface area contributed by atoms with Crippen LogP contribution in [0, 0.1) is 26.6 Å². The average molecular weight is 350 g/mol. The number of hydrogen-bond acceptors (Lipinski definition) is 0. The molecule has 0 aliphatic heterocycles. The summed E-state index contributed by atoms with van der Waals surface area (Å²) in [5.41, 5.74) is 6.01. The standard InChI is InChI=1S/C25H30N/c1-17(2)12-22-14-25(26(6)16-20(22)5)24-15-23(18(3)13-19(24)4)21-10-8-7-9-11-21/h7-11,13-17H,12H2,1-6H3/q+1/i3D3,12D2. The van der Waals surface area contributed by atoms with Gasteiger partial charge < -0.3 is 0 Å². The van der Waals surface area contributed by atoms with Crippen LogP contribution in [0.3, 0.4) is 0 Å². The van der Waals surface area contributed by atoms with Crippen molar-refractivity contribution >= 4 is 0 Å². The van der Waals surface area contributed by atoms with Gasteiger partial charge in [-0.15, -0.1) is 0 Å². The molecule has 134 valence electrons. The van der Waals surface area contributed by atoms with E-state index in [-0.39, 0.29) is 5.92 Å². The third kappa shape index (κ3) is 3.72. The van der Waals surface area contributed by atoms with Crippen LogP contribution in [0.25, 0.3) is 22.4 Å². The zero-order valence-corrected chi connectivity index (χ0v) is 16.2. The van der Waals surface area contributed by atoms with Gasteiger partial charge in [-0.25, -0.2) is 4.57 Å². The van der Waals surface area contributed by atoms with E-state index in [4.69, 9.17) is 6.85 Å². The molecule has 0 unspecified atom stereocenters. The monoisotopic (exact) mass is 349 g/mol. The molecule has 1 heteroatoms. The molecule has 3 aromatic rings. The summed E-state index contributed by atoms with van der Waals surface area (Å²) in [6.45, 7) is 5.38. The van der Waals surface area contributed by atoms with E-state index in [0.717, 1.165) is 27.9 Å². The predicted molar refractivity (Wildman–Crippen MR) is 111 cm³/mol. The fraction of sp³-hybridized carbons (Fsp3) is 0.320. The molecule has 0 spiro atoms. The molecule has 0 fully saturated rings. The van der Waals surface area contributed by atoms with Crippen molar-refractivity contribution in [2.75, 3.05) is 0 Å². The quantitative estimate of drug-likeness (QED) is 0.511. The highest BCUT2D eigenvalue weighted by molar-refractivity contribution is 5.75. The lowest BCUT2D eigenvalue weighted by Crippen LogP contribution is -2.32. The maximum atomic E-state index is 8.62. The topological polar surface area (TPSA) is 3.88 Å². The molecule has 1 aromatic heterocycles. The highest BCUT2D eigenvalue weighted by atomic mass is 14.9. The molecule has 0 saturated carbocycles. The second kappa shape index (κ2) is 7.45. The average Bonchev–Trinajstić information content (AvgIpc) is 2.68. The molecular weight excluding hydrogens is 314 g/mol. The molecule has 0 atom stereocenters. The van der Waals surface area contributed by atoms with E-state index in [2.05, 4.69) is 0 Å². The minimum absolute atomic E-state index is 0.175. The first-order valence-corrected chi connectivity index (χ1v) is 9.05. The zero-order valence-electron chi connectivity index (χ0n) is 21.2. The van der Waals surface area contributed by atoms with Crippen LogP contribution >= 0.6 is 0 Å². The zero-order chi connectivity index (χ0) is 23.1. The molecule has 3 rings (SSSR count). The molecule has 0 radical (unpaired) electrons. The lowest BCUT2D eigenvalue weighted by molar-refractivity contribution is -0.660. The van der Waals surface area contributed by atoms with Gasteiger partial charge in [0.25, 0.3) is 0 Å². The van der Waals surface area contributed by atoms with Crippen LogP contribution in [0.1, 0.15) is 43.0 Å². The molecule has 1 heterocycles. The van der Waals surface area contributed by atoms with Crippen molar-refractivity contribution in [3.8, 4) is 22.4 Å². The third-order valence-electron chi connectivity index (χ3n) is 4.64. The number of rotatable bonds is 4. The molecule has 0 aliphatic rings. The van der Waals surface area contributed by atoms with Crippen LogP contribution in [0.4, 0.5) is 0 Å². The molecule has 0 aliphatic carbocycles. The van der Waals surface area contributed by atoms with Crippen LogP contribution < -0.4 is 4.57 Å². The first kappa shape index (κ1) is 12.9. The van der Waals surface area contributed by atoms with Crippen LogP contribution in [-0.2, 0) is 13.4 Å². The largest absolute Gasteiger partial charge is 0.212 e. The van der Waals surface area contributed by atoms with E-state index in [1.807, 2.05) is 88.0 Å². The Labute approximate surface area is 165 Å². The number of pyridine rings is 1. The van der Waals surface area contributed by atoms with Gasteiger partial charge >= 0.3 is 0 Å². The van der Waals surface area contributed by atoms with Gasteiger partial charge in [-0.1, -0.05) is 50.2 Å². The van der Waals surface area contributed by atoms with Gasteiger partial charge in [-0.2, -0.15) is 0 Å². The Morgan fingerprint density at radius 1 is 0.962 bits per heavy atom. The SMILES string of the molecule is [2H]C([2H])([2H])c1cc(C)c(-c2cc(C([2H])([2H])C(C)C)c(C)c[n+]2C)cc1-c1ccccc1. The van der Waals surface area contributed by atoms with Crippen molar-refractivity contribution in [2.24, 2.45) is 13.0 Å². The Morgan fingerprint density at radius 2 is 1.69 bits per heavy atom. The third-order valence-corrected chi connectivity index (χ3v) is 4.64. The summed E-state index contributed by atoms with van der Waals surface area (Å²) in [6, 6.07) is 15.2. The van der Waals surface area contributed by atoms with E-state index in [9.17, 15) is 0 Å². The van der Waals surface area contributed by atoms with Gasteiger partial charge in [0.05, 0.1) is 0 Å². The van der Waals surface area contributed by atoms with E-state index < -0.39 is 13.2 Å². The molecule has 0 N–H and O–H groups in total. The van der Waals surface area contributed by atoms with Crippen molar-refractivity contribution in [3.05, 3.63) is 77.0 Å². The van der Waals surface area contributed by atoms with E-state index >= 15 is 0 Å². The molecule has 0 saturated heterocycles. The minimum atomic E-state index is -2.23. The second-order valence-electron chi connectivity index (χ2n) is 7.24. The fourth-order valence-corrected chi connectivity index (χ4v) is 3.36. The van der Waals surface area contributed by atoms with Gasteiger partial charge in [-0.05, 0) is 66.9 Å². The van der Waals surface area contributed by atoms with Gasteiger partial charge in [0.2, 0.25) is 5.69 Å². The fourth-order valence-electron chi connectivity index (χ4n) is 3.36. The minimum Gasteiger partial charge on any atom is -0.201 e. The number of aromatic nitrogens is 1. The van der Waals surface area contributed by atoms with E-state index in [1.54, 1.807) is 6.07 Å². The van der Waals surface area contributed by atoms with Crippen LogP contribution in [0.2, 0.25) is 0 Å². The summed E-state index contributed by atoms with van der Waals surface area (Å²) in [5.74, 6) is -0.175. The highest BCUT2D eigenvalue weighted by Gasteiger charge is 2.18. The Kier molecular flexibility index (Phi) is 3.69. The summed E-state index contributed by atoms with van der Waals surface area (Å²) < 4.78 is 43.4. The van der Waals surface area contributed by atoms with E-state index in [0.29, 0.717) is 16.7 Å². The molecule has 0 amide bonds. The predicted octanol–water partition coefficient (Wildman–Crippen LogP) is 5.97. The molecule has 1 nitrogen and oxygen atoms in total. The van der Waals surface area contributed by atoms with Crippen LogP contribution in [0.15, 0.2) is 54.7 Å². The number of hydrogen-bond donors (Lipinski definition) is 0. The maximum Gasteiger partial charge on any atom is 0.212 e. The summed E-state index contributed by atoms with van der Waals surface area (Å²) in [7, 11) is 1.94. The van der Waals surface area contributed by atoms with Crippen LogP contribution in [0.5, 0.6) is 0 Å². The normalized spacial score (nSPS) is 15.1. The molecule has 26 heavy (non-hydrogen) atoms. The van der Waals surface area contributed by atoms with E-state index in [1.165, 1.54) is 0 Å². The Hall–Kier alpha value is -2.41. The Morgan fingerprint density at radius 3 is 2.35 bits per heavy atom. The lowest BCUT2D eigenvalue weighted by Gasteiger charge is -2.14. The molecule has 2 aromatic carbocycles. The van der Waals surface area contributed by atoms with Gasteiger partial charge in [0, 0.05) is 24.0 Å². The lowest BCUT2D eigenvalue weighted by atomic mass is 9.91. The highest BCUT2D eigenvalue weighted by Crippen LogP contribution is 2.31. The van der Waals surface area contributed by atoms with Crippen molar-refractivity contribution in [3.63, 3.8) is 0 Å². The Balaban J connectivity index is 2.32. The number of aryl methyl sites for hydroxylation is 4. The summed E-state index contributed by atoms with van der Waals surface area (Å²) in [4.78, 5) is 0. The number of benzene rings is 2. The Bertz CT molecular complexity index is 1100. The van der Waals surface area contributed by atoms with Crippen LogP contribution in [-0.4, -0.2) is 0 Å². The maximum absolute atomic E-state index is 8.62. The smallest absolute Gasteiger partial charge is 0.201 e. The van der Waals surface area contributed by atoms with Crippen molar-refractivity contribution in [2.45, 2.75) is 40.9 Å². The second-order valence-corrected chi connectivity index (χ2v) is 7.24. The van der Waals surface area contributed by atoms with Crippen molar-refractivity contribution in [1.29, 1.82) is 0 Å². The summed E-state index contributed by atoms with van der Waals surface area (Å²) >= 11 is 0. The molecule has 0 bridgehead atoms. The summed E-state index contributed by atoms with van der Waals surface area (Å²) in [6.07, 6.45) is 0.478.